The van der Waals surface area contributed by atoms with E-state index in [9.17, 15) is 9.59 Å². The zero-order valence-electron chi connectivity index (χ0n) is 7.92. The molecule has 12 heavy (non-hydrogen) atoms. The molecule has 0 saturated heterocycles. The Morgan fingerprint density at radius 1 is 1.42 bits per heavy atom. The maximum Gasteiger partial charge on any atom is 0.313 e. The predicted octanol–water partition coefficient (Wildman–Crippen LogP) is 1.55. The minimum absolute atomic E-state index is 0.101. The lowest BCUT2D eigenvalue weighted by molar-refractivity contribution is -0.146. The van der Waals surface area contributed by atoms with Gasteiger partial charge in [-0.1, -0.05) is 20.3 Å². The lowest BCUT2D eigenvalue weighted by Gasteiger charge is -2.08. The lowest BCUT2D eigenvalue weighted by Crippen LogP contribution is -2.13. The number of Topliss-reactive ketones (excluding diaryl/α,β-unsaturated/α-hetero) is 1. The minimum atomic E-state index is -0.414. The first-order chi connectivity index (χ1) is 5.56. The van der Waals surface area contributed by atoms with Crippen LogP contribution in [-0.2, 0) is 14.3 Å². The first-order valence-electron chi connectivity index (χ1n) is 4.21. The lowest BCUT2D eigenvalue weighted by atomic mass is 10.1. The van der Waals surface area contributed by atoms with Crippen molar-refractivity contribution in [2.45, 2.75) is 33.6 Å². The quantitative estimate of drug-likeness (QED) is 0.467. The summed E-state index contributed by atoms with van der Waals surface area (Å²) in [6, 6.07) is 0. The zero-order valence-corrected chi connectivity index (χ0v) is 7.92. The molecule has 0 radical (unpaired) electrons. The highest BCUT2D eigenvalue weighted by Gasteiger charge is 2.07. The van der Waals surface area contributed by atoms with Crippen molar-refractivity contribution in [2.75, 3.05) is 6.61 Å². The van der Waals surface area contributed by atoms with Gasteiger partial charge in [-0.2, -0.15) is 0 Å². The van der Waals surface area contributed by atoms with Gasteiger partial charge in [-0.25, -0.2) is 0 Å². The molecule has 0 heterocycles. The Morgan fingerprint density at radius 3 is 2.42 bits per heavy atom. The van der Waals surface area contributed by atoms with Gasteiger partial charge in [-0.05, 0) is 12.8 Å². The van der Waals surface area contributed by atoms with Gasteiger partial charge in [0.25, 0.3) is 0 Å². The number of ketones is 1. The van der Waals surface area contributed by atoms with Crippen LogP contribution in [0.5, 0.6) is 0 Å². The molecule has 3 nitrogen and oxygen atoms in total. The molecule has 70 valence electrons. The number of carbonyl (C=O) groups is 2. The summed E-state index contributed by atoms with van der Waals surface area (Å²) in [5.41, 5.74) is 0. The number of rotatable bonds is 5. The second-order valence-electron chi connectivity index (χ2n) is 3.08. The van der Waals surface area contributed by atoms with Crippen molar-refractivity contribution in [3.8, 4) is 0 Å². The van der Waals surface area contributed by atoms with Gasteiger partial charge in [0.05, 0.1) is 6.61 Å². The van der Waals surface area contributed by atoms with E-state index >= 15 is 0 Å². The van der Waals surface area contributed by atoms with Crippen LogP contribution in [0.1, 0.15) is 33.6 Å². The Morgan fingerprint density at radius 2 is 2.00 bits per heavy atom. The van der Waals surface area contributed by atoms with Crippen molar-refractivity contribution in [2.24, 2.45) is 5.92 Å². The minimum Gasteiger partial charge on any atom is -0.465 e. The number of esters is 1. The molecule has 1 atom stereocenters. The summed E-state index contributed by atoms with van der Waals surface area (Å²) in [6.07, 6.45) is 0.879. The largest absolute Gasteiger partial charge is 0.465 e. The molecule has 0 aliphatic carbocycles. The van der Waals surface area contributed by atoms with Crippen molar-refractivity contribution in [1.29, 1.82) is 0 Å². The van der Waals surface area contributed by atoms with Crippen LogP contribution in [-0.4, -0.2) is 18.4 Å². The number of hydrogen-bond donors (Lipinski definition) is 0. The molecule has 0 aromatic heterocycles. The highest BCUT2D eigenvalue weighted by atomic mass is 16.5. The monoisotopic (exact) mass is 172 g/mol. The van der Waals surface area contributed by atoms with Crippen LogP contribution in [0.25, 0.3) is 0 Å². The van der Waals surface area contributed by atoms with E-state index in [0.29, 0.717) is 12.5 Å². The van der Waals surface area contributed by atoms with Crippen LogP contribution in [0.15, 0.2) is 0 Å². The zero-order chi connectivity index (χ0) is 9.56. The fourth-order valence-corrected chi connectivity index (χ4v) is 0.607. The third-order valence-corrected chi connectivity index (χ3v) is 1.62. The standard InChI is InChI=1S/C9H16O3/c1-4-7(2)6-12-9(11)5-8(3)10/h7H,4-6H2,1-3H3. The van der Waals surface area contributed by atoms with E-state index in [1.54, 1.807) is 0 Å². The van der Waals surface area contributed by atoms with Gasteiger partial charge in [-0.3, -0.25) is 9.59 Å². The van der Waals surface area contributed by atoms with Gasteiger partial charge < -0.3 is 4.74 Å². The number of carbonyl (C=O) groups excluding carboxylic acids is 2. The average Bonchev–Trinajstić information content (AvgIpc) is 1.99. The van der Waals surface area contributed by atoms with E-state index in [4.69, 9.17) is 4.74 Å². The maximum atomic E-state index is 10.8. The molecule has 0 bridgehead atoms. The molecule has 0 aromatic carbocycles. The molecule has 0 aliphatic rings. The Balaban J connectivity index is 3.50. The molecule has 0 amide bonds. The van der Waals surface area contributed by atoms with E-state index in [0.717, 1.165) is 6.42 Å². The van der Waals surface area contributed by atoms with Crippen molar-refractivity contribution in [3.63, 3.8) is 0 Å². The Labute approximate surface area is 73.1 Å². The molecule has 0 saturated carbocycles. The van der Waals surface area contributed by atoms with Crippen molar-refractivity contribution in [3.05, 3.63) is 0 Å². The van der Waals surface area contributed by atoms with Crippen LogP contribution in [0.2, 0.25) is 0 Å². The average molecular weight is 172 g/mol. The molecule has 0 N–H and O–H groups in total. The van der Waals surface area contributed by atoms with E-state index < -0.39 is 5.97 Å². The first kappa shape index (κ1) is 11.1. The van der Waals surface area contributed by atoms with Crippen LogP contribution >= 0.6 is 0 Å². The Hall–Kier alpha value is -0.860. The van der Waals surface area contributed by atoms with Crippen molar-refractivity contribution < 1.29 is 14.3 Å². The summed E-state index contributed by atoms with van der Waals surface area (Å²) in [5, 5.41) is 0. The molecule has 0 fully saturated rings. The SMILES string of the molecule is CCC(C)COC(=O)CC(C)=O. The summed E-state index contributed by atoms with van der Waals surface area (Å²) in [7, 11) is 0. The maximum absolute atomic E-state index is 10.8. The number of hydrogen-bond acceptors (Lipinski definition) is 3. The van der Waals surface area contributed by atoms with Gasteiger partial charge in [0, 0.05) is 0 Å². The van der Waals surface area contributed by atoms with Gasteiger partial charge in [-0.15, -0.1) is 0 Å². The molecule has 3 heteroatoms. The van der Waals surface area contributed by atoms with E-state index in [1.807, 2.05) is 13.8 Å². The molecule has 0 rings (SSSR count). The molecular weight excluding hydrogens is 156 g/mol. The molecule has 0 aliphatic heterocycles. The predicted molar refractivity (Wildman–Crippen MR) is 45.7 cm³/mol. The van der Waals surface area contributed by atoms with Crippen LogP contribution in [0.3, 0.4) is 0 Å². The van der Waals surface area contributed by atoms with E-state index in [-0.39, 0.29) is 12.2 Å². The van der Waals surface area contributed by atoms with E-state index in [1.165, 1.54) is 6.92 Å². The summed E-state index contributed by atoms with van der Waals surface area (Å²) < 4.78 is 4.85. The van der Waals surface area contributed by atoms with Gasteiger partial charge >= 0.3 is 5.97 Å². The summed E-state index contributed by atoms with van der Waals surface area (Å²) in [5.74, 6) is -0.187. The third kappa shape index (κ3) is 5.89. The van der Waals surface area contributed by atoms with E-state index in [2.05, 4.69) is 0 Å². The highest BCUT2D eigenvalue weighted by molar-refractivity contribution is 5.94. The Kier molecular flexibility index (Phi) is 5.34. The highest BCUT2D eigenvalue weighted by Crippen LogP contribution is 2.01. The molecule has 0 aromatic rings. The second-order valence-corrected chi connectivity index (χ2v) is 3.08. The summed E-state index contributed by atoms with van der Waals surface area (Å²) in [4.78, 5) is 21.3. The molecule has 0 spiro atoms. The molecular formula is C9H16O3. The fourth-order valence-electron chi connectivity index (χ4n) is 0.607. The summed E-state index contributed by atoms with van der Waals surface area (Å²) in [6.45, 7) is 5.83. The number of ether oxygens (including phenoxy) is 1. The fraction of sp³-hybridized carbons (Fsp3) is 0.778. The van der Waals surface area contributed by atoms with Crippen LogP contribution in [0, 0.1) is 5.92 Å². The van der Waals surface area contributed by atoms with Gasteiger partial charge in [0.15, 0.2) is 0 Å². The van der Waals surface area contributed by atoms with Crippen LogP contribution < -0.4 is 0 Å². The van der Waals surface area contributed by atoms with Crippen molar-refractivity contribution in [1.82, 2.24) is 0 Å². The smallest absolute Gasteiger partial charge is 0.313 e. The van der Waals surface area contributed by atoms with Gasteiger partial charge in [0.2, 0.25) is 0 Å². The van der Waals surface area contributed by atoms with Crippen molar-refractivity contribution >= 4 is 11.8 Å². The normalized spacial score (nSPS) is 12.2. The second kappa shape index (κ2) is 5.75. The Bertz CT molecular complexity index is 163. The van der Waals surface area contributed by atoms with Gasteiger partial charge in [0.1, 0.15) is 12.2 Å². The first-order valence-corrected chi connectivity index (χ1v) is 4.21. The van der Waals surface area contributed by atoms with Crippen LogP contribution in [0.4, 0.5) is 0 Å². The molecule has 1 unspecified atom stereocenters. The third-order valence-electron chi connectivity index (χ3n) is 1.62. The summed E-state index contributed by atoms with van der Waals surface area (Å²) >= 11 is 0. The topological polar surface area (TPSA) is 43.4 Å².